The largest absolute Gasteiger partial charge is 0.507 e. The molecule has 4 rings (SSSR count). The molecule has 0 bridgehead atoms. The van der Waals surface area contributed by atoms with Gasteiger partial charge < -0.3 is 45.4 Å². The maximum Gasteiger partial charge on any atom is 0.408 e. The van der Waals surface area contributed by atoms with Crippen LogP contribution in [0.4, 0.5) is 13.2 Å². The SMILES string of the molecule is CC(NC(=O)C1OC(c2cc3c(cc2O)OC/C(=C\c2ccc(O)c(O)c2)C3=O)C(O)C(O)C1O)C(F)(F)F. The van der Waals surface area contributed by atoms with Crippen molar-refractivity contribution < 1.29 is 62.9 Å². The average Bonchev–Trinajstić information content (AvgIpc) is 2.86. The van der Waals surface area contributed by atoms with Crippen molar-refractivity contribution in [2.75, 3.05) is 6.61 Å². The minimum Gasteiger partial charge on any atom is -0.507 e. The van der Waals surface area contributed by atoms with Gasteiger partial charge in [-0.3, -0.25) is 9.59 Å². The summed E-state index contributed by atoms with van der Waals surface area (Å²) in [7, 11) is 0. The third-order valence-corrected chi connectivity index (χ3v) is 6.42. The van der Waals surface area contributed by atoms with Gasteiger partial charge >= 0.3 is 6.18 Å². The van der Waals surface area contributed by atoms with Gasteiger partial charge in [0, 0.05) is 17.2 Å². The van der Waals surface area contributed by atoms with Gasteiger partial charge in [0.15, 0.2) is 23.4 Å². The van der Waals surface area contributed by atoms with Crippen molar-refractivity contribution >= 4 is 17.8 Å². The van der Waals surface area contributed by atoms with E-state index < -0.39 is 65.9 Å². The highest BCUT2D eigenvalue weighted by atomic mass is 19.4. The molecule has 0 spiro atoms. The van der Waals surface area contributed by atoms with Crippen molar-refractivity contribution in [2.24, 2.45) is 0 Å². The molecule has 2 aliphatic rings. The number of aliphatic hydroxyl groups excluding tert-OH is 3. The van der Waals surface area contributed by atoms with Gasteiger partial charge in [-0.2, -0.15) is 13.2 Å². The maximum absolute atomic E-state index is 13.2. The number of amides is 1. The second-order valence-electron chi connectivity index (χ2n) is 9.16. The van der Waals surface area contributed by atoms with Gasteiger partial charge in [0.05, 0.1) is 5.56 Å². The first kappa shape index (κ1) is 28.2. The van der Waals surface area contributed by atoms with Crippen LogP contribution >= 0.6 is 0 Å². The summed E-state index contributed by atoms with van der Waals surface area (Å²) in [6, 6.07) is 3.62. The van der Waals surface area contributed by atoms with E-state index >= 15 is 0 Å². The number of Topliss-reactive ketones (excluding diaryl/α,β-unsaturated/α-hetero) is 1. The number of hydrogen-bond donors (Lipinski definition) is 7. The number of fused-ring (bicyclic) bond motifs is 1. The predicted molar refractivity (Wildman–Crippen MR) is 125 cm³/mol. The standard InChI is InChI=1S/C25H24F3NO10/c1-9(25(26,27)28)29-24(37)23-21(36)19(34)20(35)22(39-23)12-6-13-17(7-15(12)31)38-8-11(18(13)33)4-10-2-3-14(30)16(32)5-10/h2-7,9,19-23,30-32,34-36H,8H2,1H3,(H,29,37)/b11-4+. The van der Waals surface area contributed by atoms with Gasteiger partial charge in [-0.15, -0.1) is 0 Å². The van der Waals surface area contributed by atoms with Crippen molar-refractivity contribution in [3.05, 3.63) is 52.6 Å². The summed E-state index contributed by atoms with van der Waals surface area (Å²) in [6.45, 7) is 0.431. The Morgan fingerprint density at radius 2 is 1.72 bits per heavy atom. The molecule has 2 aromatic carbocycles. The molecule has 39 heavy (non-hydrogen) atoms. The third kappa shape index (κ3) is 5.49. The summed E-state index contributed by atoms with van der Waals surface area (Å²) < 4.78 is 49.6. The van der Waals surface area contributed by atoms with E-state index in [4.69, 9.17) is 9.47 Å². The van der Waals surface area contributed by atoms with E-state index in [1.54, 1.807) is 5.32 Å². The van der Waals surface area contributed by atoms with E-state index in [2.05, 4.69) is 0 Å². The Balaban J connectivity index is 1.65. The Kier molecular flexibility index (Phi) is 7.49. The first-order chi connectivity index (χ1) is 18.2. The topological polar surface area (TPSA) is 186 Å². The van der Waals surface area contributed by atoms with E-state index in [1.165, 1.54) is 24.3 Å². The summed E-state index contributed by atoms with van der Waals surface area (Å²) >= 11 is 0. The number of hydrogen-bond acceptors (Lipinski definition) is 10. The minimum absolute atomic E-state index is 0.0499. The third-order valence-electron chi connectivity index (χ3n) is 6.42. The van der Waals surface area contributed by atoms with Crippen LogP contribution in [0.3, 0.4) is 0 Å². The van der Waals surface area contributed by atoms with Crippen LogP contribution < -0.4 is 10.1 Å². The van der Waals surface area contributed by atoms with Gasteiger partial charge in [0.1, 0.15) is 48.6 Å². The number of aromatic hydroxyl groups is 3. The van der Waals surface area contributed by atoms with Crippen LogP contribution in [-0.2, 0) is 9.53 Å². The zero-order valence-corrected chi connectivity index (χ0v) is 20.1. The number of nitrogens with one attached hydrogen (secondary N) is 1. The fraction of sp³-hybridized carbons (Fsp3) is 0.360. The van der Waals surface area contributed by atoms with E-state index in [1.807, 2.05) is 0 Å². The van der Waals surface area contributed by atoms with Crippen LogP contribution in [0.15, 0.2) is 35.9 Å². The lowest BCUT2D eigenvalue weighted by Crippen LogP contribution is -2.60. The molecule has 7 N–H and O–H groups in total. The Hall–Kier alpha value is -3.85. The Morgan fingerprint density at radius 1 is 1.03 bits per heavy atom. The van der Waals surface area contributed by atoms with Gasteiger partial charge in [-0.05, 0) is 36.8 Å². The summed E-state index contributed by atoms with van der Waals surface area (Å²) in [4.78, 5) is 25.7. The van der Waals surface area contributed by atoms with Crippen LogP contribution in [-0.4, -0.2) is 85.6 Å². The molecule has 0 aromatic heterocycles. The van der Waals surface area contributed by atoms with Crippen LogP contribution in [0.2, 0.25) is 0 Å². The summed E-state index contributed by atoms with van der Waals surface area (Å²) in [5.74, 6) is -3.45. The monoisotopic (exact) mass is 555 g/mol. The molecule has 2 aromatic rings. The Bertz CT molecular complexity index is 1330. The fourth-order valence-corrected chi connectivity index (χ4v) is 4.17. The summed E-state index contributed by atoms with van der Waals surface area (Å²) in [6.07, 6.45) is -13.4. The normalized spacial score (nSPS) is 27.0. The van der Waals surface area contributed by atoms with Crippen molar-refractivity contribution in [3.8, 4) is 23.0 Å². The molecular weight excluding hydrogens is 531 g/mol. The first-order valence-electron chi connectivity index (χ1n) is 11.5. The highest BCUT2D eigenvalue weighted by Gasteiger charge is 2.49. The van der Waals surface area contributed by atoms with Gasteiger partial charge in [0.25, 0.3) is 5.91 Å². The number of alkyl halides is 3. The summed E-state index contributed by atoms with van der Waals surface area (Å²) in [5.41, 5.74) is 0.0220. The number of halogens is 3. The lowest BCUT2D eigenvalue weighted by molar-refractivity contribution is -0.225. The number of carbonyl (C=O) groups is 2. The zero-order valence-electron chi connectivity index (χ0n) is 20.1. The molecule has 0 radical (unpaired) electrons. The first-order valence-corrected chi connectivity index (χ1v) is 11.5. The van der Waals surface area contributed by atoms with Crippen LogP contribution in [0, 0.1) is 0 Å². The molecular formula is C25H24F3NO10. The fourth-order valence-electron chi connectivity index (χ4n) is 4.17. The molecule has 210 valence electrons. The molecule has 2 aliphatic heterocycles. The van der Waals surface area contributed by atoms with Crippen molar-refractivity contribution in [3.63, 3.8) is 0 Å². The number of phenols is 3. The molecule has 1 saturated heterocycles. The second kappa shape index (κ2) is 10.4. The number of ether oxygens (including phenoxy) is 2. The number of aliphatic hydroxyl groups is 3. The molecule has 11 nitrogen and oxygen atoms in total. The smallest absolute Gasteiger partial charge is 0.408 e. The number of phenolic OH excluding ortho intramolecular Hbond substituents is 3. The summed E-state index contributed by atoms with van der Waals surface area (Å²) in [5, 5.41) is 62.4. The molecule has 1 fully saturated rings. The lowest BCUT2D eigenvalue weighted by Gasteiger charge is -2.40. The Morgan fingerprint density at radius 3 is 2.36 bits per heavy atom. The molecule has 6 atom stereocenters. The highest BCUT2D eigenvalue weighted by molar-refractivity contribution is 6.14. The number of rotatable bonds is 4. The number of ketones is 1. The highest BCUT2D eigenvalue weighted by Crippen LogP contribution is 2.41. The van der Waals surface area contributed by atoms with Crippen LogP contribution in [0.1, 0.15) is 34.5 Å². The van der Waals surface area contributed by atoms with Crippen molar-refractivity contribution in [2.45, 2.75) is 49.7 Å². The Labute approximate surface area is 218 Å². The van der Waals surface area contributed by atoms with Gasteiger partial charge in [-0.1, -0.05) is 6.07 Å². The molecule has 0 aliphatic carbocycles. The van der Waals surface area contributed by atoms with Crippen molar-refractivity contribution in [1.29, 1.82) is 0 Å². The molecule has 1 amide bonds. The average molecular weight is 555 g/mol. The van der Waals surface area contributed by atoms with Crippen molar-refractivity contribution in [1.82, 2.24) is 5.32 Å². The van der Waals surface area contributed by atoms with Crippen LogP contribution in [0.5, 0.6) is 23.0 Å². The molecule has 2 heterocycles. The van der Waals surface area contributed by atoms with Crippen LogP contribution in [0.25, 0.3) is 6.08 Å². The predicted octanol–water partition coefficient (Wildman–Crippen LogP) is 1.05. The van der Waals surface area contributed by atoms with Gasteiger partial charge in [0.2, 0.25) is 0 Å². The van der Waals surface area contributed by atoms with E-state index in [0.717, 1.165) is 12.1 Å². The van der Waals surface area contributed by atoms with E-state index in [0.29, 0.717) is 12.5 Å². The molecule has 14 heteroatoms. The van der Waals surface area contributed by atoms with Gasteiger partial charge in [-0.25, -0.2) is 0 Å². The molecule has 6 unspecified atom stereocenters. The number of benzene rings is 2. The zero-order chi connectivity index (χ0) is 28.8. The van der Waals surface area contributed by atoms with E-state index in [-0.39, 0.29) is 34.8 Å². The maximum atomic E-state index is 13.2. The molecule has 0 saturated carbocycles. The number of carbonyl (C=O) groups excluding carboxylic acids is 2. The van der Waals surface area contributed by atoms with E-state index in [9.17, 15) is 53.4 Å². The lowest BCUT2D eigenvalue weighted by atomic mass is 9.88. The minimum atomic E-state index is -4.81. The second-order valence-corrected chi connectivity index (χ2v) is 9.16. The quantitative estimate of drug-likeness (QED) is 0.212.